The molecule has 1 aromatic carbocycles. The van der Waals surface area contributed by atoms with Crippen LogP contribution in [0.15, 0.2) is 28.7 Å². The number of anilines is 3. The maximum Gasteiger partial charge on any atom is 0.169 e. The van der Waals surface area contributed by atoms with Gasteiger partial charge in [0, 0.05) is 22.8 Å². The maximum atomic E-state index is 13.8. The molecule has 0 saturated heterocycles. The van der Waals surface area contributed by atoms with E-state index in [2.05, 4.69) is 31.5 Å². The zero-order chi connectivity index (χ0) is 14.7. The molecule has 2 aromatic rings. The number of nitrogens with zero attached hydrogens (tertiary/aromatic N) is 1. The minimum Gasteiger partial charge on any atom is -0.368 e. The second-order valence-electron chi connectivity index (χ2n) is 4.22. The van der Waals surface area contributed by atoms with Gasteiger partial charge in [-0.05, 0) is 31.5 Å². The van der Waals surface area contributed by atoms with Crippen LogP contribution in [0.2, 0.25) is 0 Å². The minimum atomic E-state index is -0.733. The van der Waals surface area contributed by atoms with Gasteiger partial charge in [0.2, 0.25) is 0 Å². The number of halogens is 3. The van der Waals surface area contributed by atoms with E-state index in [0.717, 1.165) is 16.1 Å². The van der Waals surface area contributed by atoms with E-state index in [1.54, 1.807) is 6.07 Å². The zero-order valence-electron chi connectivity index (χ0n) is 11.1. The summed E-state index contributed by atoms with van der Waals surface area (Å²) in [5.74, 6) is -1.42. The summed E-state index contributed by atoms with van der Waals surface area (Å²) in [4.78, 5) is 3.94. The topological polar surface area (TPSA) is 37.0 Å². The van der Waals surface area contributed by atoms with Gasteiger partial charge in [-0.1, -0.05) is 22.0 Å². The molecule has 0 radical (unpaired) electrons. The van der Waals surface area contributed by atoms with Gasteiger partial charge in [-0.3, -0.25) is 0 Å². The molecule has 2 rings (SSSR count). The second kappa shape index (κ2) is 6.17. The third kappa shape index (κ3) is 3.07. The fourth-order valence-electron chi connectivity index (χ4n) is 1.72. The van der Waals surface area contributed by atoms with Crippen LogP contribution in [0.1, 0.15) is 12.5 Å². The predicted octanol–water partition coefficient (Wildman–Crippen LogP) is 4.61. The Morgan fingerprint density at radius 3 is 2.60 bits per heavy atom. The lowest BCUT2D eigenvalue weighted by Crippen LogP contribution is -2.06. The molecule has 0 saturated carbocycles. The van der Waals surface area contributed by atoms with E-state index in [-0.39, 0.29) is 11.6 Å². The third-order valence-electron chi connectivity index (χ3n) is 2.79. The average molecular weight is 342 g/mol. The molecule has 0 fully saturated rings. The summed E-state index contributed by atoms with van der Waals surface area (Å²) in [5.41, 5.74) is 1.63. The molecule has 3 nitrogen and oxygen atoms in total. The molecule has 0 amide bonds. The Labute approximate surface area is 124 Å². The van der Waals surface area contributed by atoms with Crippen molar-refractivity contribution in [3.05, 3.63) is 45.9 Å². The Morgan fingerprint density at radius 2 is 1.90 bits per heavy atom. The van der Waals surface area contributed by atoms with E-state index in [9.17, 15) is 8.78 Å². The zero-order valence-corrected chi connectivity index (χ0v) is 12.7. The Bertz CT molecular complexity index is 632. The van der Waals surface area contributed by atoms with Gasteiger partial charge in [-0.2, -0.15) is 0 Å². The van der Waals surface area contributed by atoms with Crippen molar-refractivity contribution in [2.45, 2.75) is 13.8 Å². The number of hydrogen-bond acceptors (Lipinski definition) is 3. The summed E-state index contributed by atoms with van der Waals surface area (Å²) in [5, 5.41) is 5.64. The summed E-state index contributed by atoms with van der Waals surface area (Å²) in [6, 6.07) is 6.34. The van der Waals surface area contributed by atoms with Crippen LogP contribution in [0.25, 0.3) is 0 Å². The van der Waals surface area contributed by atoms with Gasteiger partial charge in [0.05, 0.1) is 0 Å². The number of rotatable bonds is 4. The lowest BCUT2D eigenvalue weighted by atomic mass is 10.2. The Balaban J connectivity index is 2.38. The highest BCUT2D eigenvalue weighted by molar-refractivity contribution is 9.10. The molecule has 106 valence electrons. The molecule has 0 aliphatic carbocycles. The van der Waals surface area contributed by atoms with Crippen molar-refractivity contribution in [1.29, 1.82) is 0 Å². The Morgan fingerprint density at radius 1 is 1.20 bits per heavy atom. The highest BCUT2D eigenvalue weighted by Gasteiger charge is 2.12. The first-order valence-electron chi connectivity index (χ1n) is 6.15. The summed E-state index contributed by atoms with van der Waals surface area (Å²) in [6.07, 6.45) is 0. The van der Waals surface area contributed by atoms with Crippen LogP contribution in [0.5, 0.6) is 0 Å². The van der Waals surface area contributed by atoms with Crippen molar-refractivity contribution < 1.29 is 8.78 Å². The molecule has 0 unspecified atom stereocenters. The molecule has 0 spiro atoms. The second-order valence-corrected chi connectivity index (χ2v) is 5.07. The molecular weight excluding hydrogens is 328 g/mol. The predicted molar refractivity (Wildman–Crippen MR) is 80.5 cm³/mol. The van der Waals surface area contributed by atoms with E-state index in [4.69, 9.17) is 0 Å². The van der Waals surface area contributed by atoms with Crippen LogP contribution >= 0.6 is 15.9 Å². The molecule has 0 aliphatic heterocycles. The van der Waals surface area contributed by atoms with Crippen molar-refractivity contribution in [3.8, 4) is 0 Å². The molecule has 0 bridgehead atoms. The van der Waals surface area contributed by atoms with E-state index >= 15 is 0 Å². The number of benzene rings is 1. The number of hydrogen-bond donors (Lipinski definition) is 2. The van der Waals surface area contributed by atoms with Crippen molar-refractivity contribution in [2.75, 3.05) is 17.2 Å². The molecule has 2 N–H and O–H groups in total. The molecular formula is C14H14BrF2N3. The van der Waals surface area contributed by atoms with Gasteiger partial charge in [-0.15, -0.1) is 0 Å². The molecule has 1 heterocycles. The first kappa shape index (κ1) is 14.7. The van der Waals surface area contributed by atoms with Gasteiger partial charge in [0.15, 0.2) is 23.3 Å². The first-order chi connectivity index (χ1) is 9.52. The van der Waals surface area contributed by atoms with Gasteiger partial charge in [-0.25, -0.2) is 13.8 Å². The van der Waals surface area contributed by atoms with Crippen molar-refractivity contribution in [1.82, 2.24) is 4.98 Å². The molecule has 6 heteroatoms. The van der Waals surface area contributed by atoms with E-state index in [0.29, 0.717) is 12.2 Å². The largest absolute Gasteiger partial charge is 0.368 e. The van der Waals surface area contributed by atoms with Crippen LogP contribution < -0.4 is 10.6 Å². The number of nitrogens with one attached hydrogen (secondary N) is 2. The Kier molecular flexibility index (Phi) is 4.54. The standard InChI is InChI=1S/C14H14BrF2N3/c1-3-18-13-10(16)7-11(17)14(20-13)19-12-6-4-5-9(15)8(12)2/h4-7H,3H2,1-2H3,(H2,18,19,20). The van der Waals surface area contributed by atoms with Crippen LogP contribution in [0.4, 0.5) is 26.1 Å². The SMILES string of the molecule is CCNc1nc(Nc2cccc(Br)c2C)c(F)cc1F. The normalized spacial score (nSPS) is 10.4. The van der Waals surface area contributed by atoms with Gasteiger partial charge in [0.25, 0.3) is 0 Å². The lowest BCUT2D eigenvalue weighted by molar-refractivity contribution is 0.579. The van der Waals surface area contributed by atoms with Gasteiger partial charge >= 0.3 is 0 Å². The first-order valence-corrected chi connectivity index (χ1v) is 6.94. The van der Waals surface area contributed by atoms with E-state index in [1.165, 1.54) is 0 Å². The monoisotopic (exact) mass is 341 g/mol. The number of pyridine rings is 1. The Hall–Kier alpha value is -1.69. The van der Waals surface area contributed by atoms with Crippen LogP contribution in [0, 0.1) is 18.6 Å². The fraction of sp³-hybridized carbons (Fsp3) is 0.214. The number of aromatic nitrogens is 1. The van der Waals surface area contributed by atoms with Gasteiger partial charge < -0.3 is 10.6 Å². The molecule has 0 atom stereocenters. The smallest absolute Gasteiger partial charge is 0.169 e. The lowest BCUT2D eigenvalue weighted by Gasteiger charge is -2.12. The van der Waals surface area contributed by atoms with E-state index in [1.807, 2.05) is 26.0 Å². The average Bonchev–Trinajstić information content (AvgIpc) is 2.40. The molecule has 0 aliphatic rings. The molecule has 20 heavy (non-hydrogen) atoms. The van der Waals surface area contributed by atoms with Crippen molar-refractivity contribution >= 4 is 33.3 Å². The quantitative estimate of drug-likeness (QED) is 0.852. The highest BCUT2D eigenvalue weighted by atomic mass is 79.9. The maximum absolute atomic E-state index is 13.8. The van der Waals surface area contributed by atoms with Crippen LogP contribution in [0.3, 0.4) is 0 Å². The van der Waals surface area contributed by atoms with Gasteiger partial charge in [0.1, 0.15) is 0 Å². The van der Waals surface area contributed by atoms with Crippen molar-refractivity contribution in [3.63, 3.8) is 0 Å². The summed E-state index contributed by atoms with van der Waals surface area (Å²) < 4.78 is 28.2. The highest BCUT2D eigenvalue weighted by Crippen LogP contribution is 2.28. The molecule has 1 aromatic heterocycles. The fourth-order valence-corrected chi connectivity index (χ4v) is 2.08. The van der Waals surface area contributed by atoms with Crippen LogP contribution in [-0.4, -0.2) is 11.5 Å². The third-order valence-corrected chi connectivity index (χ3v) is 3.65. The minimum absolute atomic E-state index is 0.0106. The van der Waals surface area contributed by atoms with Crippen molar-refractivity contribution in [2.24, 2.45) is 0 Å². The van der Waals surface area contributed by atoms with Crippen LogP contribution in [-0.2, 0) is 0 Å². The summed E-state index contributed by atoms with van der Waals surface area (Å²) >= 11 is 3.40. The summed E-state index contributed by atoms with van der Waals surface area (Å²) in [7, 11) is 0. The van der Waals surface area contributed by atoms with E-state index < -0.39 is 11.6 Å². The summed E-state index contributed by atoms with van der Waals surface area (Å²) in [6.45, 7) is 4.21.